The van der Waals surface area contributed by atoms with Crippen molar-refractivity contribution in [2.45, 2.75) is 32.2 Å². The van der Waals surface area contributed by atoms with Gasteiger partial charge in [0.15, 0.2) is 0 Å². The van der Waals surface area contributed by atoms with E-state index in [0.29, 0.717) is 13.0 Å². The monoisotopic (exact) mass is 237 g/mol. The van der Waals surface area contributed by atoms with E-state index in [9.17, 15) is 4.79 Å². The Balaban J connectivity index is 2.38. The smallest absolute Gasteiger partial charge is 0.303 e. The fourth-order valence-corrected chi connectivity index (χ4v) is 1.46. The summed E-state index contributed by atoms with van der Waals surface area (Å²) >= 11 is 0. The van der Waals surface area contributed by atoms with Gasteiger partial charge in [-0.25, -0.2) is 0 Å². The van der Waals surface area contributed by atoms with Crippen LogP contribution in [0.4, 0.5) is 0 Å². The maximum atomic E-state index is 10.3. The quantitative estimate of drug-likeness (QED) is 0.714. The summed E-state index contributed by atoms with van der Waals surface area (Å²) in [5, 5.41) is 8.47. The first kappa shape index (κ1) is 13.5. The van der Waals surface area contributed by atoms with Crippen molar-refractivity contribution in [3.63, 3.8) is 0 Å². The Morgan fingerprint density at radius 2 is 2.06 bits per heavy atom. The molecule has 0 aliphatic rings. The van der Waals surface area contributed by atoms with Gasteiger partial charge in [-0.1, -0.05) is 19.1 Å². The molecule has 4 nitrogen and oxygen atoms in total. The first-order chi connectivity index (χ1) is 8.13. The molecule has 4 heteroatoms. The number of ether oxygens (including phenoxy) is 1. The minimum absolute atomic E-state index is 0.0658. The number of aliphatic carboxylic acids is 1. The van der Waals surface area contributed by atoms with E-state index in [1.807, 2.05) is 31.2 Å². The van der Waals surface area contributed by atoms with Crippen LogP contribution in [0.15, 0.2) is 24.3 Å². The van der Waals surface area contributed by atoms with Crippen molar-refractivity contribution in [2.24, 2.45) is 5.73 Å². The van der Waals surface area contributed by atoms with Gasteiger partial charge >= 0.3 is 5.97 Å². The number of carbonyl (C=O) groups is 1. The highest BCUT2D eigenvalue weighted by atomic mass is 16.5. The molecule has 0 aromatic heterocycles. The Labute approximate surface area is 101 Å². The molecular formula is C13H19NO3. The molecule has 0 amide bonds. The molecule has 17 heavy (non-hydrogen) atoms. The number of benzene rings is 1. The van der Waals surface area contributed by atoms with Crippen LogP contribution in [0.1, 0.15) is 37.8 Å². The van der Waals surface area contributed by atoms with E-state index in [2.05, 4.69) is 0 Å². The third-order valence-corrected chi connectivity index (χ3v) is 2.55. The van der Waals surface area contributed by atoms with Gasteiger partial charge in [0.05, 0.1) is 6.61 Å². The van der Waals surface area contributed by atoms with Gasteiger partial charge in [0, 0.05) is 12.5 Å². The zero-order chi connectivity index (χ0) is 12.7. The lowest BCUT2D eigenvalue weighted by atomic mass is 10.1. The molecule has 0 radical (unpaired) electrons. The van der Waals surface area contributed by atoms with E-state index >= 15 is 0 Å². The number of carboxylic acids is 1. The molecule has 0 saturated carbocycles. The first-order valence-corrected chi connectivity index (χ1v) is 5.83. The molecule has 1 aromatic rings. The Hall–Kier alpha value is -1.55. The predicted molar refractivity (Wildman–Crippen MR) is 66.0 cm³/mol. The lowest BCUT2D eigenvalue weighted by molar-refractivity contribution is -0.137. The number of rotatable bonds is 7. The topological polar surface area (TPSA) is 72.5 Å². The summed E-state index contributed by atoms with van der Waals surface area (Å²) < 4.78 is 5.42. The number of nitrogens with two attached hydrogens (primary N) is 1. The summed E-state index contributed by atoms with van der Waals surface area (Å²) in [4.78, 5) is 10.3. The summed E-state index contributed by atoms with van der Waals surface area (Å²) in [6.45, 7) is 2.46. The van der Waals surface area contributed by atoms with Crippen LogP contribution in [0.5, 0.6) is 5.75 Å². The summed E-state index contributed by atoms with van der Waals surface area (Å²) in [6, 6.07) is 7.69. The third kappa shape index (κ3) is 4.87. The van der Waals surface area contributed by atoms with E-state index < -0.39 is 5.97 Å². The number of hydrogen-bond donors (Lipinski definition) is 2. The number of hydrogen-bond acceptors (Lipinski definition) is 3. The molecule has 3 N–H and O–H groups in total. The molecule has 0 heterocycles. The number of carboxylic acid groups (broad SMARTS) is 1. The van der Waals surface area contributed by atoms with Crippen molar-refractivity contribution in [1.82, 2.24) is 0 Å². The van der Waals surface area contributed by atoms with Crippen LogP contribution in [0.25, 0.3) is 0 Å². The molecule has 0 spiro atoms. The Kier molecular flexibility index (Phi) is 5.49. The molecule has 0 aliphatic carbocycles. The van der Waals surface area contributed by atoms with Gasteiger partial charge in [0.1, 0.15) is 5.75 Å². The van der Waals surface area contributed by atoms with Gasteiger partial charge in [0.25, 0.3) is 0 Å². The van der Waals surface area contributed by atoms with Gasteiger partial charge in [0.2, 0.25) is 0 Å². The maximum Gasteiger partial charge on any atom is 0.303 e. The summed E-state index contributed by atoms with van der Waals surface area (Å²) in [6.07, 6.45) is 1.56. The molecule has 94 valence electrons. The van der Waals surface area contributed by atoms with Crippen LogP contribution in [-0.2, 0) is 4.79 Å². The fraction of sp³-hybridized carbons (Fsp3) is 0.462. The highest BCUT2D eigenvalue weighted by Crippen LogP contribution is 2.18. The van der Waals surface area contributed by atoms with E-state index in [1.165, 1.54) is 0 Å². The van der Waals surface area contributed by atoms with Gasteiger partial charge in [-0.3, -0.25) is 4.79 Å². The Bertz CT molecular complexity index is 348. The summed E-state index contributed by atoms with van der Waals surface area (Å²) in [7, 11) is 0. The minimum Gasteiger partial charge on any atom is -0.494 e. The molecule has 1 atom stereocenters. The molecular weight excluding hydrogens is 218 g/mol. The van der Waals surface area contributed by atoms with Crippen molar-refractivity contribution < 1.29 is 14.6 Å². The fourth-order valence-electron chi connectivity index (χ4n) is 1.46. The Morgan fingerprint density at radius 3 is 2.59 bits per heavy atom. The van der Waals surface area contributed by atoms with Crippen LogP contribution in [0.3, 0.4) is 0 Å². The molecule has 1 aromatic carbocycles. The average molecular weight is 237 g/mol. The SMILES string of the molecule is CC[C@H](N)c1ccc(OCCCC(=O)O)cc1. The van der Waals surface area contributed by atoms with Crippen LogP contribution in [-0.4, -0.2) is 17.7 Å². The lowest BCUT2D eigenvalue weighted by Crippen LogP contribution is -2.08. The highest BCUT2D eigenvalue weighted by molar-refractivity contribution is 5.66. The summed E-state index contributed by atoms with van der Waals surface area (Å²) in [5.74, 6) is -0.0414. The average Bonchev–Trinajstić information content (AvgIpc) is 2.34. The van der Waals surface area contributed by atoms with Gasteiger partial charge in [-0.2, -0.15) is 0 Å². The van der Waals surface area contributed by atoms with E-state index in [1.54, 1.807) is 0 Å². The predicted octanol–water partition coefficient (Wildman–Crippen LogP) is 2.34. The van der Waals surface area contributed by atoms with E-state index in [0.717, 1.165) is 17.7 Å². The zero-order valence-electron chi connectivity index (χ0n) is 10.1. The maximum absolute atomic E-state index is 10.3. The van der Waals surface area contributed by atoms with Crippen molar-refractivity contribution in [1.29, 1.82) is 0 Å². The van der Waals surface area contributed by atoms with Crippen molar-refractivity contribution >= 4 is 5.97 Å². The second-order valence-electron chi connectivity index (χ2n) is 3.93. The minimum atomic E-state index is -0.794. The first-order valence-electron chi connectivity index (χ1n) is 5.83. The van der Waals surface area contributed by atoms with Crippen LogP contribution in [0, 0.1) is 0 Å². The standard InChI is InChI=1S/C13H19NO3/c1-2-12(14)10-5-7-11(8-6-10)17-9-3-4-13(15)16/h5-8,12H,2-4,9,14H2,1H3,(H,15,16)/t12-/m0/s1. The van der Waals surface area contributed by atoms with Crippen molar-refractivity contribution in [3.8, 4) is 5.75 Å². The summed E-state index contributed by atoms with van der Waals surface area (Å²) in [5.41, 5.74) is 6.98. The van der Waals surface area contributed by atoms with Gasteiger partial charge in [-0.15, -0.1) is 0 Å². The molecule has 1 rings (SSSR count). The Morgan fingerprint density at radius 1 is 1.41 bits per heavy atom. The molecule has 0 aliphatic heterocycles. The third-order valence-electron chi connectivity index (χ3n) is 2.55. The van der Waals surface area contributed by atoms with E-state index in [-0.39, 0.29) is 12.5 Å². The van der Waals surface area contributed by atoms with Crippen LogP contribution < -0.4 is 10.5 Å². The highest BCUT2D eigenvalue weighted by Gasteiger charge is 2.03. The lowest BCUT2D eigenvalue weighted by Gasteiger charge is -2.10. The molecule has 0 bridgehead atoms. The van der Waals surface area contributed by atoms with Gasteiger partial charge < -0.3 is 15.6 Å². The second kappa shape index (κ2) is 6.91. The van der Waals surface area contributed by atoms with Crippen molar-refractivity contribution in [3.05, 3.63) is 29.8 Å². The molecule has 0 saturated heterocycles. The van der Waals surface area contributed by atoms with E-state index in [4.69, 9.17) is 15.6 Å². The zero-order valence-corrected chi connectivity index (χ0v) is 10.1. The van der Waals surface area contributed by atoms with Gasteiger partial charge in [-0.05, 0) is 30.5 Å². The largest absolute Gasteiger partial charge is 0.494 e. The van der Waals surface area contributed by atoms with Crippen LogP contribution in [0.2, 0.25) is 0 Å². The molecule has 0 unspecified atom stereocenters. The normalized spacial score (nSPS) is 12.1. The molecule has 0 fully saturated rings. The second-order valence-corrected chi connectivity index (χ2v) is 3.93. The van der Waals surface area contributed by atoms with Crippen LogP contribution >= 0.6 is 0 Å². The van der Waals surface area contributed by atoms with Crippen molar-refractivity contribution in [2.75, 3.05) is 6.61 Å².